The summed E-state index contributed by atoms with van der Waals surface area (Å²) in [5.74, 6) is -1.87. The van der Waals surface area contributed by atoms with Crippen molar-refractivity contribution >= 4 is 0 Å². The largest absolute Gasteiger partial charge is 0.387 e. The van der Waals surface area contributed by atoms with E-state index < -0.39 is 17.7 Å². The summed E-state index contributed by atoms with van der Waals surface area (Å²) in [7, 11) is 0. The first-order valence-electron chi connectivity index (χ1n) is 8.11. The average molecular weight is 339 g/mol. The molecule has 2 N–H and O–H groups in total. The quantitative estimate of drug-likeness (QED) is 0.695. The van der Waals surface area contributed by atoms with Crippen LogP contribution < -0.4 is 5.32 Å². The van der Waals surface area contributed by atoms with Gasteiger partial charge in [0.05, 0.1) is 6.10 Å². The fraction of sp³-hybridized carbons (Fsp3) is 0.143. The second kappa shape index (κ2) is 8.01. The first-order valence-corrected chi connectivity index (χ1v) is 8.11. The molecule has 128 valence electrons. The highest BCUT2D eigenvalue weighted by molar-refractivity contribution is 5.63. The lowest BCUT2D eigenvalue weighted by Gasteiger charge is -2.13. The fourth-order valence-electron chi connectivity index (χ4n) is 2.68. The zero-order valence-electron chi connectivity index (χ0n) is 13.6. The first-order chi connectivity index (χ1) is 12.1. The number of nitrogens with one attached hydrogen (secondary N) is 1. The molecule has 0 amide bonds. The van der Waals surface area contributed by atoms with E-state index in [0.717, 1.165) is 28.8 Å². The summed E-state index contributed by atoms with van der Waals surface area (Å²) >= 11 is 0. The van der Waals surface area contributed by atoms with Crippen LogP contribution in [0.15, 0.2) is 72.8 Å². The smallest absolute Gasteiger partial charge is 0.159 e. The predicted molar refractivity (Wildman–Crippen MR) is 94.9 cm³/mol. The molecular formula is C21H19F2NO. The number of aliphatic hydroxyl groups excluding tert-OH is 1. The Labute approximate surface area is 145 Å². The first kappa shape index (κ1) is 17.3. The summed E-state index contributed by atoms with van der Waals surface area (Å²) in [5, 5.41) is 13.2. The van der Waals surface area contributed by atoms with E-state index in [2.05, 4.69) is 29.6 Å². The summed E-state index contributed by atoms with van der Waals surface area (Å²) in [6, 6.07) is 21.7. The molecule has 25 heavy (non-hydrogen) atoms. The number of hydrogen-bond acceptors (Lipinski definition) is 2. The van der Waals surface area contributed by atoms with Gasteiger partial charge in [-0.05, 0) is 40.5 Å². The van der Waals surface area contributed by atoms with Gasteiger partial charge in [-0.2, -0.15) is 0 Å². The van der Waals surface area contributed by atoms with Gasteiger partial charge in [-0.3, -0.25) is 0 Å². The molecule has 0 heterocycles. The molecule has 3 rings (SSSR count). The molecule has 0 bridgehead atoms. The molecule has 0 radical (unpaired) electrons. The number of hydrogen-bond donors (Lipinski definition) is 2. The summed E-state index contributed by atoms with van der Waals surface area (Å²) < 4.78 is 26.2. The Bertz CT molecular complexity index is 836. The third-order valence-electron chi connectivity index (χ3n) is 4.03. The zero-order valence-corrected chi connectivity index (χ0v) is 13.6. The fourth-order valence-corrected chi connectivity index (χ4v) is 2.68. The SMILES string of the molecule is O[C@@H](CNCc1cccc(-c2ccccc2)c1)c1ccc(F)c(F)c1. The van der Waals surface area contributed by atoms with Gasteiger partial charge in [-0.1, -0.05) is 54.6 Å². The van der Waals surface area contributed by atoms with Crippen LogP contribution in [0.5, 0.6) is 0 Å². The molecule has 3 aromatic rings. The van der Waals surface area contributed by atoms with Crippen LogP contribution in [0.25, 0.3) is 11.1 Å². The van der Waals surface area contributed by atoms with Gasteiger partial charge in [-0.25, -0.2) is 8.78 Å². The molecule has 0 aromatic heterocycles. The maximum Gasteiger partial charge on any atom is 0.159 e. The van der Waals surface area contributed by atoms with Crippen LogP contribution >= 0.6 is 0 Å². The minimum atomic E-state index is -0.952. The summed E-state index contributed by atoms with van der Waals surface area (Å²) in [5.41, 5.74) is 3.70. The van der Waals surface area contributed by atoms with Gasteiger partial charge < -0.3 is 10.4 Å². The van der Waals surface area contributed by atoms with Crippen molar-refractivity contribution in [2.45, 2.75) is 12.6 Å². The Hall–Kier alpha value is -2.56. The van der Waals surface area contributed by atoms with Gasteiger partial charge >= 0.3 is 0 Å². The van der Waals surface area contributed by atoms with Gasteiger partial charge in [0.2, 0.25) is 0 Å². The van der Waals surface area contributed by atoms with Crippen molar-refractivity contribution in [3.63, 3.8) is 0 Å². The molecule has 0 aliphatic rings. The Morgan fingerprint density at radius 2 is 1.56 bits per heavy atom. The van der Waals surface area contributed by atoms with E-state index in [1.54, 1.807) is 0 Å². The van der Waals surface area contributed by atoms with Gasteiger partial charge in [0.1, 0.15) is 0 Å². The Balaban J connectivity index is 1.59. The van der Waals surface area contributed by atoms with Crippen molar-refractivity contribution in [3.05, 3.63) is 95.6 Å². The molecule has 0 aliphatic heterocycles. The minimum Gasteiger partial charge on any atom is -0.387 e. The molecule has 2 nitrogen and oxygen atoms in total. The Morgan fingerprint density at radius 3 is 2.32 bits per heavy atom. The maximum atomic E-state index is 13.2. The molecular weight excluding hydrogens is 320 g/mol. The summed E-state index contributed by atoms with van der Waals surface area (Å²) in [4.78, 5) is 0. The summed E-state index contributed by atoms with van der Waals surface area (Å²) in [6.07, 6.45) is -0.896. The van der Waals surface area contributed by atoms with Crippen LogP contribution in [-0.4, -0.2) is 11.7 Å². The van der Waals surface area contributed by atoms with E-state index in [0.29, 0.717) is 12.1 Å². The third-order valence-corrected chi connectivity index (χ3v) is 4.03. The highest BCUT2D eigenvalue weighted by Crippen LogP contribution is 2.20. The van der Waals surface area contributed by atoms with E-state index in [1.807, 2.05) is 30.3 Å². The van der Waals surface area contributed by atoms with Gasteiger partial charge in [0, 0.05) is 13.1 Å². The monoisotopic (exact) mass is 339 g/mol. The third kappa shape index (κ3) is 4.50. The van der Waals surface area contributed by atoms with Crippen molar-refractivity contribution in [1.29, 1.82) is 0 Å². The van der Waals surface area contributed by atoms with E-state index in [9.17, 15) is 13.9 Å². The lowest BCUT2D eigenvalue weighted by atomic mass is 10.0. The highest BCUT2D eigenvalue weighted by Gasteiger charge is 2.10. The number of benzene rings is 3. The van der Waals surface area contributed by atoms with Crippen LogP contribution in [0.3, 0.4) is 0 Å². The molecule has 0 spiro atoms. The Morgan fingerprint density at radius 1 is 0.800 bits per heavy atom. The lowest BCUT2D eigenvalue weighted by Crippen LogP contribution is -2.21. The van der Waals surface area contributed by atoms with Crippen molar-refractivity contribution in [2.24, 2.45) is 0 Å². The van der Waals surface area contributed by atoms with E-state index in [1.165, 1.54) is 6.07 Å². The summed E-state index contributed by atoms with van der Waals surface area (Å²) in [6.45, 7) is 0.821. The molecule has 0 fully saturated rings. The lowest BCUT2D eigenvalue weighted by molar-refractivity contribution is 0.173. The number of aliphatic hydroxyl groups is 1. The van der Waals surface area contributed by atoms with Crippen LogP contribution in [0.4, 0.5) is 8.78 Å². The van der Waals surface area contributed by atoms with Crippen LogP contribution in [0.2, 0.25) is 0 Å². The molecule has 0 saturated carbocycles. The van der Waals surface area contributed by atoms with Crippen molar-refractivity contribution < 1.29 is 13.9 Å². The number of halogens is 2. The highest BCUT2D eigenvalue weighted by atomic mass is 19.2. The Kier molecular flexibility index (Phi) is 5.53. The number of rotatable bonds is 6. The topological polar surface area (TPSA) is 32.3 Å². The van der Waals surface area contributed by atoms with Crippen molar-refractivity contribution in [3.8, 4) is 11.1 Å². The van der Waals surface area contributed by atoms with Crippen molar-refractivity contribution in [2.75, 3.05) is 6.54 Å². The van der Waals surface area contributed by atoms with Gasteiger partial charge in [0.25, 0.3) is 0 Å². The molecule has 4 heteroatoms. The van der Waals surface area contributed by atoms with Crippen LogP contribution in [-0.2, 0) is 6.54 Å². The minimum absolute atomic E-state index is 0.251. The molecule has 3 aromatic carbocycles. The normalized spacial score (nSPS) is 12.1. The molecule has 0 aliphatic carbocycles. The maximum absolute atomic E-state index is 13.2. The van der Waals surface area contributed by atoms with E-state index >= 15 is 0 Å². The predicted octanol–water partition coefficient (Wildman–Crippen LogP) is 4.46. The molecule has 0 unspecified atom stereocenters. The van der Waals surface area contributed by atoms with Crippen molar-refractivity contribution in [1.82, 2.24) is 5.32 Å². The van der Waals surface area contributed by atoms with Crippen LogP contribution in [0, 0.1) is 11.6 Å². The second-order valence-corrected chi connectivity index (χ2v) is 5.89. The van der Waals surface area contributed by atoms with E-state index in [4.69, 9.17) is 0 Å². The standard InChI is InChI=1S/C21H19F2NO/c22-19-10-9-18(12-20(19)23)21(25)14-24-13-15-5-4-8-17(11-15)16-6-2-1-3-7-16/h1-12,21,24-25H,13-14H2/t21-/m0/s1. The van der Waals surface area contributed by atoms with Gasteiger partial charge in [0.15, 0.2) is 11.6 Å². The van der Waals surface area contributed by atoms with Gasteiger partial charge in [-0.15, -0.1) is 0 Å². The molecule has 0 saturated heterocycles. The van der Waals surface area contributed by atoms with Crippen LogP contribution in [0.1, 0.15) is 17.2 Å². The second-order valence-electron chi connectivity index (χ2n) is 5.89. The average Bonchev–Trinajstić information content (AvgIpc) is 2.65. The van der Waals surface area contributed by atoms with E-state index in [-0.39, 0.29) is 6.54 Å². The zero-order chi connectivity index (χ0) is 17.6. The molecule has 1 atom stereocenters.